The SMILES string of the molecule is CCCC(O)CNC(=O)c1ccc(CN)cc1.Cl. The first kappa shape index (κ1) is 16.9. The molecule has 0 aliphatic heterocycles. The Morgan fingerprint density at radius 2 is 2.00 bits per heavy atom. The highest BCUT2D eigenvalue weighted by Crippen LogP contribution is 2.04. The van der Waals surface area contributed by atoms with E-state index in [2.05, 4.69) is 5.32 Å². The zero-order valence-corrected chi connectivity index (χ0v) is 11.4. The molecule has 1 aromatic carbocycles. The van der Waals surface area contributed by atoms with E-state index < -0.39 is 6.10 Å². The lowest BCUT2D eigenvalue weighted by Crippen LogP contribution is -2.31. The molecule has 4 N–H and O–H groups in total. The first-order valence-corrected chi connectivity index (χ1v) is 5.92. The molecular formula is C13H21ClN2O2. The average molecular weight is 273 g/mol. The summed E-state index contributed by atoms with van der Waals surface area (Å²) in [6.45, 7) is 2.76. The van der Waals surface area contributed by atoms with Gasteiger partial charge in [0.1, 0.15) is 0 Å². The number of hydrogen-bond acceptors (Lipinski definition) is 3. The van der Waals surface area contributed by atoms with Crippen LogP contribution in [0.5, 0.6) is 0 Å². The largest absolute Gasteiger partial charge is 0.391 e. The van der Waals surface area contributed by atoms with Crippen molar-refractivity contribution in [3.8, 4) is 0 Å². The molecule has 0 aliphatic carbocycles. The second kappa shape index (κ2) is 8.91. The van der Waals surface area contributed by atoms with E-state index in [0.29, 0.717) is 25.1 Å². The van der Waals surface area contributed by atoms with E-state index in [4.69, 9.17) is 5.73 Å². The lowest BCUT2D eigenvalue weighted by molar-refractivity contribution is 0.0910. The molecule has 4 nitrogen and oxygen atoms in total. The Hall–Kier alpha value is -1.10. The normalized spacial score (nSPS) is 11.5. The molecule has 0 heterocycles. The molecule has 1 amide bonds. The van der Waals surface area contributed by atoms with Gasteiger partial charge in [-0.15, -0.1) is 12.4 Å². The molecule has 0 saturated carbocycles. The third kappa shape index (κ3) is 5.49. The van der Waals surface area contributed by atoms with Gasteiger partial charge in [0.2, 0.25) is 0 Å². The van der Waals surface area contributed by atoms with Crippen molar-refractivity contribution in [1.29, 1.82) is 0 Å². The second-order valence-electron chi connectivity index (χ2n) is 4.05. The standard InChI is InChI=1S/C13H20N2O2.ClH/c1-2-3-12(16)9-15-13(17)11-6-4-10(8-14)5-7-11;/h4-7,12,16H,2-3,8-9,14H2,1H3,(H,15,17);1H. The molecule has 102 valence electrons. The van der Waals surface area contributed by atoms with Gasteiger partial charge in [-0.3, -0.25) is 4.79 Å². The predicted octanol–water partition coefficient (Wildman–Crippen LogP) is 1.46. The molecule has 0 spiro atoms. The van der Waals surface area contributed by atoms with Gasteiger partial charge in [0, 0.05) is 18.7 Å². The minimum Gasteiger partial charge on any atom is -0.391 e. The molecule has 1 unspecified atom stereocenters. The predicted molar refractivity (Wildman–Crippen MR) is 74.8 cm³/mol. The average Bonchev–Trinajstić information content (AvgIpc) is 2.36. The maximum Gasteiger partial charge on any atom is 0.251 e. The summed E-state index contributed by atoms with van der Waals surface area (Å²) in [6, 6.07) is 7.14. The van der Waals surface area contributed by atoms with Crippen LogP contribution in [0.15, 0.2) is 24.3 Å². The summed E-state index contributed by atoms with van der Waals surface area (Å²) in [5.74, 6) is -0.163. The molecule has 0 bridgehead atoms. The van der Waals surface area contributed by atoms with Crippen LogP contribution in [0, 0.1) is 0 Å². The lowest BCUT2D eigenvalue weighted by atomic mass is 10.1. The molecule has 1 aromatic rings. The van der Waals surface area contributed by atoms with Crippen molar-refractivity contribution in [2.75, 3.05) is 6.54 Å². The maximum atomic E-state index is 11.7. The summed E-state index contributed by atoms with van der Waals surface area (Å²) >= 11 is 0. The zero-order valence-electron chi connectivity index (χ0n) is 10.6. The highest BCUT2D eigenvalue weighted by atomic mass is 35.5. The van der Waals surface area contributed by atoms with Crippen molar-refractivity contribution in [2.24, 2.45) is 5.73 Å². The van der Waals surface area contributed by atoms with Crippen molar-refractivity contribution in [2.45, 2.75) is 32.4 Å². The summed E-state index contributed by atoms with van der Waals surface area (Å²) in [5.41, 5.74) is 7.06. The number of nitrogens with one attached hydrogen (secondary N) is 1. The molecule has 5 heteroatoms. The van der Waals surface area contributed by atoms with Crippen LogP contribution in [-0.2, 0) is 6.54 Å². The summed E-state index contributed by atoms with van der Waals surface area (Å²) in [6.07, 6.45) is 1.14. The molecule has 0 aromatic heterocycles. The Morgan fingerprint density at radius 3 is 2.50 bits per heavy atom. The van der Waals surface area contributed by atoms with Gasteiger partial charge in [-0.05, 0) is 24.1 Å². The van der Waals surface area contributed by atoms with Gasteiger partial charge < -0.3 is 16.2 Å². The minimum atomic E-state index is -0.465. The molecule has 1 rings (SSSR count). The number of rotatable bonds is 6. The Kier molecular flexibility index (Phi) is 8.37. The van der Waals surface area contributed by atoms with Crippen LogP contribution < -0.4 is 11.1 Å². The summed E-state index contributed by atoms with van der Waals surface area (Å²) < 4.78 is 0. The van der Waals surface area contributed by atoms with E-state index in [9.17, 15) is 9.90 Å². The fraction of sp³-hybridized carbons (Fsp3) is 0.462. The van der Waals surface area contributed by atoms with Crippen LogP contribution >= 0.6 is 12.4 Å². The maximum absolute atomic E-state index is 11.7. The Bertz CT molecular complexity index is 355. The highest BCUT2D eigenvalue weighted by molar-refractivity contribution is 5.94. The number of amides is 1. The summed E-state index contributed by atoms with van der Waals surface area (Å²) in [5, 5.41) is 12.2. The van der Waals surface area contributed by atoms with Crippen LogP contribution in [0.2, 0.25) is 0 Å². The van der Waals surface area contributed by atoms with Crippen LogP contribution in [-0.4, -0.2) is 23.7 Å². The fourth-order valence-corrected chi connectivity index (χ4v) is 1.54. The van der Waals surface area contributed by atoms with Gasteiger partial charge >= 0.3 is 0 Å². The zero-order chi connectivity index (χ0) is 12.7. The number of hydrogen-bond donors (Lipinski definition) is 3. The summed E-state index contributed by atoms with van der Waals surface area (Å²) in [7, 11) is 0. The number of carbonyl (C=O) groups excluding carboxylic acids is 1. The lowest BCUT2D eigenvalue weighted by Gasteiger charge is -2.10. The van der Waals surface area contributed by atoms with Crippen molar-refractivity contribution in [3.63, 3.8) is 0 Å². The smallest absolute Gasteiger partial charge is 0.251 e. The summed E-state index contributed by atoms with van der Waals surface area (Å²) in [4.78, 5) is 11.7. The fourth-order valence-electron chi connectivity index (χ4n) is 1.54. The number of halogens is 1. The minimum absolute atomic E-state index is 0. The van der Waals surface area contributed by atoms with Crippen molar-refractivity contribution in [1.82, 2.24) is 5.32 Å². The highest BCUT2D eigenvalue weighted by Gasteiger charge is 2.07. The first-order valence-electron chi connectivity index (χ1n) is 5.92. The number of benzene rings is 1. The second-order valence-corrected chi connectivity index (χ2v) is 4.05. The Morgan fingerprint density at radius 1 is 1.39 bits per heavy atom. The number of nitrogens with two attached hydrogens (primary N) is 1. The molecule has 18 heavy (non-hydrogen) atoms. The molecule has 1 atom stereocenters. The Labute approximate surface area is 114 Å². The van der Waals surface area contributed by atoms with Gasteiger partial charge in [0.05, 0.1) is 6.10 Å². The number of carbonyl (C=O) groups is 1. The number of aliphatic hydroxyl groups is 1. The quantitative estimate of drug-likeness (QED) is 0.734. The van der Waals surface area contributed by atoms with E-state index in [-0.39, 0.29) is 18.3 Å². The van der Waals surface area contributed by atoms with Gasteiger partial charge in [0.15, 0.2) is 0 Å². The van der Waals surface area contributed by atoms with Crippen LogP contribution in [0.1, 0.15) is 35.7 Å². The van der Waals surface area contributed by atoms with Gasteiger partial charge in [-0.1, -0.05) is 25.5 Å². The first-order chi connectivity index (χ1) is 8.17. The monoisotopic (exact) mass is 272 g/mol. The van der Waals surface area contributed by atoms with Gasteiger partial charge in [0.25, 0.3) is 5.91 Å². The van der Waals surface area contributed by atoms with Crippen molar-refractivity contribution >= 4 is 18.3 Å². The third-order valence-electron chi connectivity index (χ3n) is 2.57. The van der Waals surface area contributed by atoms with E-state index >= 15 is 0 Å². The van der Waals surface area contributed by atoms with Crippen LogP contribution in [0.25, 0.3) is 0 Å². The van der Waals surface area contributed by atoms with E-state index in [1.54, 1.807) is 12.1 Å². The topological polar surface area (TPSA) is 75.3 Å². The molecule has 0 aliphatic rings. The van der Waals surface area contributed by atoms with Gasteiger partial charge in [-0.2, -0.15) is 0 Å². The van der Waals surface area contributed by atoms with Crippen LogP contribution in [0.4, 0.5) is 0 Å². The molecular weight excluding hydrogens is 252 g/mol. The van der Waals surface area contributed by atoms with Crippen molar-refractivity contribution < 1.29 is 9.90 Å². The third-order valence-corrected chi connectivity index (χ3v) is 2.57. The van der Waals surface area contributed by atoms with Crippen LogP contribution in [0.3, 0.4) is 0 Å². The van der Waals surface area contributed by atoms with Crippen molar-refractivity contribution in [3.05, 3.63) is 35.4 Å². The van der Waals surface area contributed by atoms with E-state index in [0.717, 1.165) is 12.0 Å². The molecule has 0 radical (unpaired) electrons. The van der Waals surface area contributed by atoms with Gasteiger partial charge in [-0.25, -0.2) is 0 Å². The van der Waals surface area contributed by atoms with E-state index in [1.807, 2.05) is 19.1 Å². The molecule has 0 fully saturated rings. The number of aliphatic hydroxyl groups excluding tert-OH is 1. The molecule has 0 saturated heterocycles. The Balaban J connectivity index is 0.00000289. The van der Waals surface area contributed by atoms with E-state index in [1.165, 1.54) is 0 Å².